The van der Waals surface area contributed by atoms with E-state index in [2.05, 4.69) is 9.97 Å². The Morgan fingerprint density at radius 1 is 1.46 bits per heavy atom. The first-order valence-corrected chi connectivity index (χ1v) is 4.85. The van der Waals surface area contributed by atoms with Crippen LogP contribution >= 0.6 is 22.9 Å². The van der Waals surface area contributed by atoms with E-state index in [4.69, 9.17) is 17.3 Å². The van der Waals surface area contributed by atoms with E-state index < -0.39 is 0 Å². The minimum absolute atomic E-state index is 0.452. The fourth-order valence-corrected chi connectivity index (χ4v) is 1.77. The van der Waals surface area contributed by atoms with Gasteiger partial charge < -0.3 is 5.73 Å². The van der Waals surface area contributed by atoms with E-state index in [0.717, 1.165) is 11.3 Å². The molecule has 0 aliphatic rings. The Morgan fingerprint density at radius 3 is 2.92 bits per heavy atom. The number of nitrogens with two attached hydrogens (primary N) is 1. The van der Waals surface area contributed by atoms with E-state index in [-0.39, 0.29) is 0 Å². The van der Waals surface area contributed by atoms with Crippen LogP contribution in [0, 0.1) is 0 Å². The maximum Gasteiger partial charge on any atom is 0.180 e. The molecule has 0 saturated carbocycles. The summed E-state index contributed by atoms with van der Waals surface area (Å²) in [5.41, 5.74) is 7.11. The highest BCUT2D eigenvalue weighted by Crippen LogP contribution is 2.27. The SMILES string of the molecule is Nc1nc(-c2cccnc2Cl)cs1. The van der Waals surface area contributed by atoms with Gasteiger partial charge in [-0.25, -0.2) is 9.97 Å². The average Bonchev–Trinajstić information content (AvgIpc) is 2.53. The maximum atomic E-state index is 5.88. The Bertz CT molecular complexity index is 427. The Hall–Kier alpha value is -1.13. The second kappa shape index (κ2) is 3.32. The van der Waals surface area contributed by atoms with Gasteiger partial charge >= 0.3 is 0 Å². The van der Waals surface area contributed by atoms with Crippen LogP contribution in [0.15, 0.2) is 23.7 Å². The Morgan fingerprint density at radius 2 is 2.31 bits per heavy atom. The molecule has 0 atom stereocenters. The highest BCUT2D eigenvalue weighted by atomic mass is 35.5. The monoisotopic (exact) mass is 211 g/mol. The maximum absolute atomic E-state index is 5.88. The lowest BCUT2D eigenvalue weighted by Gasteiger charge is -1.96. The molecular weight excluding hydrogens is 206 g/mol. The lowest BCUT2D eigenvalue weighted by Crippen LogP contribution is -1.84. The molecule has 0 fully saturated rings. The van der Waals surface area contributed by atoms with E-state index in [1.807, 2.05) is 17.5 Å². The van der Waals surface area contributed by atoms with Gasteiger partial charge in [0, 0.05) is 17.1 Å². The second-order valence-corrected chi connectivity index (χ2v) is 3.66. The van der Waals surface area contributed by atoms with Crippen LogP contribution < -0.4 is 5.73 Å². The van der Waals surface area contributed by atoms with Crippen LogP contribution in [0.3, 0.4) is 0 Å². The Kier molecular flexibility index (Phi) is 2.16. The van der Waals surface area contributed by atoms with Crippen molar-refractivity contribution in [1.82, 2.24) is 9.97 Å². The number of aromatic nitrogens is 2. The zero-order valence-corrected chi connectivity index (χ0v) is 8.14. The van der Waals surface area contributed by atoms with Crippen molar-refractivity contribution in [1.29, 1.82) is 0 Å². The number of hydrogen-bond donors (Lipinski definition) is 1. The van der Waals surface area contributed by atoms with E-state index in [0.29, 0.717) is 10.3 Å². The number of nitrogen functional groups attached to an aromatic ring is 1. The smallest absolute Gasteiger partial charge is 0.180 e. The molecule has 66 valence electrons. The number of rotatable bonds is 1. The van der Waals surface area contributed by atoms with E-state index in [1.54, 1.807) is 6.20 Å². The number of thiazole rings is 1. The van der Waals surface area contributed by atoms with Crippen molar-refractivity contribution in [2.45, 2.75) is 0 Å². The zero-order valence-electron chi connectivity index (χ0n) is 6.57. The van der Waals surface area contributed by atoms with Gasteiger partial charge in [0.25, 0.3) is 0 Å². The Labute approximate surface area is 84.2 Å². The first-order chi connectivity index (χ1) is 6.27. The second-order valence-electron chi connectivity index (χ2n) is 2.41. The van der Waals surface area contributed by atoms with Gasteiger partial charge in [0.2, 0.25) is 0 Å². The van der Waals surface area contributed by atoms with Crippen molar-refractivity contribution in [2.24, 2.45) is 0 Å². The third-order valence-electron chi connectivity index (χ3n) is 1.56. The molecule has 3 nitrogen and oxygen atoms in total. The molecule has 2 aromatic rings. The predicted molar refractivity (Wildman–Crippen MR) is 54.8 cm³/mol. The van der Waals surface area contributed by atoms with Gasteiger partial charge in [-0.05, 0) is 12.1 Å². The van der Waals surface area contributed by atoms with Crippen molar-refractivity contribution in [3.63, 3.8) is 0 Å². The van der Waals surface area contributed by atoms with Crippen LogP contribution in [0.25, 0.3) is 11.3 Å². The topological polar surface area (TPSA) is 51.8 Å². The van der Waals surface area contributed by atoms with Gasteiger partial charge in [0.15, 0.2) is 5.13 Å². The minimum Gasteiger partial charge on any atom is -0.375 e. The van der Waals surface area contributed by atoms with Crippen LogP contribution in [0.2, 0.25) is 5.15 Å². The summed E-state index contributed by atoms with van der Waals surface area (Å²) in [4.78, 5) is 8.07. The molecule has 2 N–H and O–H groups in total. The summed E-state index contributed by atoms with van der Waals surface area (Å²) >= 11 is 7.27. The van der Waals surface area contributed by atoms with Gasteiger partial charge in [-0.3, -0.25) is 0 Å². The van der Waals surface area contributed by atoms with Crippen molar-refractivity contribution in [3.05, 3.63) is 28.9 Å². The summed E-state index contributed by atoms with van der Waals surface area (Å²) in [6.07, 6.45) is 1.64. The first-order valence-electron chi connectivity index (χ1n) is 3.59. The molecule has 2 heterocycles. The third kappa shape index (κ3) is 1.64. The fourth-order valence-electron chi connectivity index (χ4n) is 0.988. The third-order valence-corrected chi connectivity index (χ3v) is 2.53. The number of pyridine rings is 1. The molecule has 0 saturated heterocycles. The molecule has 0 bridgehead atoms. The van der Waals surface area contributed by atoms with Gasteiger partial charge in [0.1, 0.15) is 5.15 Å². The highest BCUT2D eigenvalue weighted by Gasteiger charge is 2.06. The van der Waals surface area contributed by atoms with Crippen LogP contribution in [-0.2, 0) is 0 Å². The minimum atomic E-state index is 0.452. The number of nitrogens with zero attached hydrogens (tertiary/aromatic N) is 2. The molecule has 2 aromatic heterocycles. The molecule has 0 spiro atoms. The lowest BCUT2D eigenvalue weighted by molar-refractivity contribution is 1.31. The summed E-state index contributed by atoms with van der Waals surface area (Å²) in [5, 5.41) is 2.85. The largest absolute Gasteiger partial charge is 0.375 e. The van der Waals surface area contributed by atoms with Gasteiger partial charge in [-0.15, -0.1) is 11.3 Å². The number of hydrogen-bond acceptors (Lipinski definition) is 4. The number of halogens is 1. The average molecular weight is 212 g/mol. The molecule has 0 aromatic carbocycles. The normalized spacial score (nSPS) is 10.2. The summed E-state index contributed by atoms with van der Waals surface area (Å²) in [6.45, 7) is 0. The summed E-state index contributed by atoms with van der Waals surface area (Å²) < 4.78 is 0. The van der Waals surface area contributed by atoms with E-state index >= 15 is 0 Å². The predicted octanol–water partition coefficient (Wildman–Crippen LogP) is 2.44. The van der Waals surface area contributed by atoms with E-state index in [9.17, 15) is 0 Å². The Balaban J connectivity index is 2.52. The molecule has 0 radical (unpaired) electrons. The molecule has 5 heteroatoms. The van der Waals surface area contributed by atoms with Crippen LogP contribution in [0.4, 0.5) is 5.13 Å². The van der Waals surface area contributed by atoms with Gasteiger partial charge in [-0.1, -0.05) is 11.6 Å². The molecule has 0 aliphatic carbocycles. The fraction of sp³-hybridized carbons (Fsp3) is 0. The molecule has 13 heavy (non-hydrogen) atoms. The summed E-state index contributed by atoms with van der Waals surface area (Å²) in [7, 11) is 0. The number of anilines is 1. The van der Waals surface area contributed by atoms with Crippen molar-refractivity contribution in [2.75, 3.05) is 5.73 Å². The highest BCUT2D eigenvalue weighted by molar-refractivity contribution is 7.13. The first kappa shape index (κ1) is 8.47. The van der Waals surface area contributed by atoms with E-state index in [1.165, 1.54) is 11.3 Å². The van der Waals surface area contributed by atoms with Crippen LogP contribution in [-0.4, -0.2) is 9.97 Å². The van der Waals surface area contributed by atoms with Crippen molar-refractivity contribution >= 4 is 28.1 Å². The van der Waals surface area contributed by atoms with Crippen LogP contribution in [0.5, 0.6) is 0 Å². The molecule has 0 amide bonds. The van der Waals surface area contributed by atoms with Gasteiger partial charge in [0.05, 0.1) is 5.69 Å². The quantitative estimate of drug-likeness (QED) is 0.738. The zero-order chi connectivity index (χ0) is 9.26. The standard InChI is InChI=1S/C8H6ClN3S/c9-7-5(2-1-3-11-7)6-4-13-8(10)12-6/h1-4H,(H2,10,12). The van der Waals surface area contributed by atoms with Crippen LogP contribution in [0.1, 0.15) is 0 Å². The molecule has 0 unspecified atom stereocenters. The molecule has 2 rings (SSSR count). The summed E-state index contributed by atoms with van der Waals surface area (Å²) in [6, 6.07) is 3.68. The van der Waals surface area contributed by atoms with Crippen molar-refractivity contribution in [3.8, 4) is 11.3 Å². The van der Waals surface area contributed by atoms with Gasteiger partial charge in [-0.2, -0.15) is 0 Å². The molecule has 0 aliphatic heterocycles. The lowest BCUT2D eigenvalue weighted by atomic mass is 10.2. The molecular formula is C8H6ClN3S. The summed E-state index contributed by atoms with van der Waals surface area (Å²) in [5.74, 6) is 0. The van der Waals surface area contributed by atoms with Crippen molar-refractivity contribution < 1.29 is 0 Å².